The molecule has 0 N–H and O–H groups in total. The van der Waals surface area contributed by atoms with Gasteiger partial charge in [0.25, 0.3) is 0 Å². The van der Waals surface area contributed by atoms with Gasteiger partial charge in [-0.3, -0.25) is 4.79 Å². The smallest absolute Gasteiger partial charge is 0.194 e. The third-order valence-electron chi connectivity index (χ3n) is 2.03. The molecule has 2 rings (SSSR count). The number of benzene rings is 1. The van der Waals surface area contributed by atoms with Crippen molar-refractivity contribution in [3.63, 3.8) is 0 Å². The van der Waals surface area contributed by atoms with E-state index in [1.165, 1.54) is 0 Å². The number of carbonyl (C=O) groups excluding carboxylic acids is 1. The van der Waals surface area contributed by atoms with E-state index in [4.69, 9.17) is 0 Å². The summed E-state index contributed by atoms with van der Waals surface area (Å²) in [6.07, 6.45) is 1.61. The van der Waals surface area contributed by atoms with Crippen molar-refractivity contribution in [3.8, 4) is 0 Å². The van der Waals surface area contributed by atoms with Crippen LogP contribution in [0.15, 0.2) is 48.7 Å². The summed E-state index contributed by atoms with van der Waals surface area (Å²) < 4.78 is 0.886. The molecule has 0 fully saturated rings. The number of aromatic nitrogens is 1. The van der Waals surface area contributed by atoms with Gasteiger partial charge in [-0.1, -0.05) is 30.3 Å². The standard InChI is InChI=1S/C12H8INO/c13-11-7-6-10(8-14-11)12(15)9-4-2-1-3-5-9/h1-8H. The van der Waals surface area contributed by atoms with Crippen LogP contribution in [-0.2, 0) is 0 Å². The predicted molar refractivity (Wildman–Crippen MR) is 66.8 cm³/mol. The minimum Gasteiger partial charge on any atom is -0.289 e. The Bertz CT molecular complexity index is 465. The van der Waals surface area contributed by atoms with Crippen LogP contribution in [0.25, 0.3) is 0 Å². The van der Waals surface area contributed by atoms with Crippen molar-refractivity contribution < 1.29 is 4.79 Å². The molecule has 0 unspecified atom stereocenters. The molecule has 1 heterocycles. The fourth-order valence-electron chi connectivity index (χ4n) is 1.27. The first-order chi connectivity index (χ1) is 7.27. The second-order valence-corrected chi connectivity index (χ2v) is 4.17. The maximum absolute atomic E-state index is 11.9. The topological polar surface area (TPSA) is 30.0 Å². The summed E-state index contributed by atoms with van der Waals surface area (Å²) in [6.45, 7) is 0. The molecular weight excluding hydrogens is 301 g/mol. The largest absolute Gasteiger partial charge is 0.289 e. The minimum absolute atomic E-state index is 0.0134. The minimum atomic E-state index is 0.0134. The van der Waals surface area contributed by atoms with Crippen molar-refractivity contribution in [3.05, 3.63) is 63.5 Å². The van der Waals surface area contributed by atoms with Gasteiger partial charge in [0, 0.05) is 17.3 Å². The number of pyridine rings is 1. The molecule has 15 heavy (non-hydrogen) atoms. The summed E-state index contributed by atoms with van der Waals surface area (Å²) in [7, 11) is 0. The molecule has 0 radical (unpaired) electrons. The molecule has 0 aliphatic carbocycles. The number of hydrogen-bond donors (Lipinski definition) is 0. The maximum atomic E-state index is 11.9. The lowest BCUT2D eigenvalue weighted by Crippen LogP contribution is -2.01. The highest BCUT2D eigenvalue weighted by molar-refractivity contribution is 14.1. The fourth-order valence-corrected chi connectivity index (χ4v) is 1.59. The first-order valence-electron chi connectivity index (χ1n) is 4.48. The van der Waals surface area contributed by atoms with Crippen LogP contribution in [0.3, 0.4) is 0 Å². The fraction of sp³-hybridized carbons (Fsp3) is 0. The van der Waals surface area contributed by atoms with Crippen LogP contribution in [0, 0.1) is 3.70 Å². The van der Waals surface area contributed by atoms with Gasteiger partial charge in [-0.25, -0.2) is 4.98 Å². The molecule has 1 aromatic carbocycles. The highest BCUT2D eigenvalue weighted by Crippen LogP contribution is 2.09. The lowest BCUT2D eigenvalue weighted by atomic mass is 10.1. The molecule has 0 aliphatic heterocycles. The van der Waals surface area contributed by atoms with Crippen LogP contribution in [0.5, 0.6) is 0 Å². The van der Waals surface area contributed by atoms with Crippen molar-refractivity contribution in [2.45, 2.75) is 0 Å². The second-order valence-electron chi connectivity index (χ2n) is 3.06. The monoisotopic (exact) mass is 309 g/mol. The van der Waals surface area contributed by atoms with Gasteiger partial charge in [0.2, 0.25) is 0 Å². The molecule has 0 saturated heterocycles. The zero-order chi connectivity index (χ0) is 10.7. The molecule has 0 bridgehead atoms. The van der Waals surface area contributed by atoms with Gasteiger partial charge in [-0.2, -0.15) is 0 Å². The normalized spacial score (nSPS) is 9.93. The summed E-state index contributed by atoms with van der Waals surface area (Å²) in [5, 5.41) is 0. The Morgan fingerprint density at radius 3 is 2.33 bits per heavy atom. The van der Waals surface area contributed by atoms with Gasteiger partial charge < -0.3 is 0 Å². The van der Waals surface area contributed by atoms with Gasteiger partial charge in [0.15, 0.2) is 5.78 Å². The molecular formula is C12H8INO. The summed E-state index contributed by atoms with van der Waals surface area (Å²) in [6, 6.07) is 12.8. The van der Waals surface area contributed by atoms with E-state index in [2.05, 4.69) is 27.6 Å². The van der Waals surface area contributed by atoms with Gasteiger partial charge in [-0.05, 0) is 34.7 Å². The van der Waals surface area contributed by atoms with Crippen LogP contribution < -0.4 is 0 Å². The van der Waals surface area contributed by atoms with Crippen LogP contribution in [0.1, 0.15) is 15.9 Å². The van der Waals surface area contributed by atoms with E-state index in [0.717, 1.165) is 3.70 Å². The highest BCUT2D eigenvalue weighted by atomic mass is 127. The molecule has 3 heteroatoms. The molecule has 2 aromatic rings. The lowest BCUT2D eigenvalue weighted by Gasteiger charge is -1.99. The summed E-state index contributed by atoms with van der Waals surface area (Å²) in [4.78, 5) is 16.0. The number of rotatable bonds is 2. The van der Waals surface area contributed by atoms with E-state index in [9.17, 15) is 4.79 Å². The molecule has 0 amide bonds. The van der Waals surface area contributed by atoms with Crippen molar-refractivity contribution in [2.24, 2.45) is 0 Å². The van der Waals surface area contributed by atoms with E-state index < -0.39 is 0 Å². The number of halogens is 1. The van der Waals surface area contributed by atoms with Gasteiger partial charge in [0.1, 0.15) is 3.70 Å². The Kier molecular flexibility index (Phi) is 3.11. The van der Waals surface area contributed by atoms with Gasteiger partial charge in [-0.15, -0.1) is 0 Å². The SMILES string of the molecule is O=C(c1ccccc1)c1ccc(I)nc1. The first kappa shape index (κ1) is 10.3. The van der Waals surface area contributed by atoms with Crippen molar-refractivity contribution in [1.82, 2.24) is 4.98 Å². The second kappa shape index (κ2) is 4.53. The van der Waals surface area contributed by atoms with Gasteiger partial charge >= 0.3 is 0 Å². The van der Waals surface area contributed by atoms with Crippen molar-refractivity contribution >= 4 is 28.4 Å². The number of hydrogen-bond acceptors (Lipinski definition) is 2. The maximum Gasteiger partial charge on any atom is 0.194 e. The van der Waals surface area contributed by atoms with Crippen molar-refractivity contribution in [1.29, 1.82) is 0 Å². The quantitative estimate of drug-likeness (QED) is 0.485. The van der Waals surface area contributed by atoms with Crippen LogP contribution in [-0.4, -0.2) is 10.8 Å². The third-order valence-corrected chi connectivity index (χ3v) is 2.66. The van der Waals surface area contributed by atoms with E-state index in [-0.39, 0.29) is 5.78 Å². The number of carbonyl (C=O) groups is 1. The molecule has 0 aliphatic rings. The van der Waals surface area contributed by atoms with E-state index in [1.54, 1.807) is 24.4 Å². The molecule has 0 saturated carbocycles. The third kappa shape index (κ3) is 2.41. The molecule has 0 spiro atoms. The van der Waals surface area contributed by atoms with Crippen LogP contribution in [0.2, 0.25) is 0 Å². The van der Waals surface area contributed by atoms with E-state index in [1.807, 2.05) is 24.3 Å². The zero-order valence-electron chi connectivity index (χ0n) is 7.85. The first-order valence-corrected chi connectivity index (χ1v) is 5.56. The van der Waals surface area contributed by atoms with Crippen LogP contribution in [0.4, 0.5) is 0 Å². The number of nitrogens with zero attached hydrogens (tertiary/aromatic N) is 1. The average molecular weight is 309 g/mol. The zero-order valence-corrected chi connectivity index (χ0v) is 10.0. The van der Waals surface area contributed by atoms with Crippen LogP contribution >= 0.6 is 22.6 Å². The average Bonchev–Trinajstić information content (AvgIpc) is 2.30. The highest BCUT2D eigenvalue weighted by Gasteiger charge is 2.07. The summed E-state index contributed by atoms with van der Waals surface area (Å²) in [5.41, 5.74) is 1.32. The summed E-state index contributed by atoms with van der Waals surface area (Å²) >= 11 is 2.11. The molecule has 0 atom stereocenters. The molecule has 2 nitrogen and oxygen atoms in total. The Balaban J connectivity index is 2.33. The number of ketones is 1. The van der Waals surface area contributed by atoms with E-state index in [0.29, 0.717) is 11.1 Å². The Morgan fingerprint density at radius 1 is 1.00 bits per heavy atom. The lowest BCUT2D eigenvalue weighted by molar-refractivity contribution is 0.103. The predicted octanol–water partition coefficient (Wildman–Crippen LogP) is 2.92. The van der Waals surface area contributed by atoms with E-state index >= 15 is 0 Å². The Labute approximate surface area is 101 Å². The Hall–Kier alpha value is -1.23. The van der Waals surface area contributed by atoms with Gasteiger partial charge in [0.05, 0.1) is 0 Å². The Morgan fingerprint density at radius 2 is 1.73 bits per heavy atom. The molecule has 74 valence electrons. The summed E-state index contributed by atoms with van der Waals surface area (Å²) in [5.74, 6) is 0.0134. The molecule has 1 aromatic heterocycles. The van der Waals surface area contributed by atoms with Crippen molar-refractivity contribution in [2.75, 3.05) is 0 Å².